The van der Waals surface area contributed by atoms with E-state index in [1.54, 1.807) is 12.4 Å². The second kappa shape index (κ2) is 4.85. The Hall–Kier alpha value is -1.47. The second-order valence-electron chi connectivity index (χ2n) is 4.59. The van der Waals surface area contributed by atoms with Crippen LogP contribution < -0.4 is 0 Å². The van der Waals surface area contributed by atoms with Crippen LogP contribution in [0.25, 0.3) is 0 Å². The van der Waals surface area contributed by atoms with Crippen LogP contribution in [0.4, 0.5) is 5.69 Å². The average Bonchev–Trinajstić information content (AvgIpc) is 2.18. The Bertz CT molecular complexity index is 356. The maximum Gasteiger partial charge on any atom is 0.0952 e. The van der Waals surface area contributed by atoms with Crippen molar-refractivity contribution in [1.82, 2.24) is 4.98 Å². The third-order valence-corrected chi connectivity index (χ3v) is 2.33. The third kappa shape index (κ3) is 4.05. The van der Waals surface area contributed by atoms with Crippen molar-refractivity contribution in [3.63, 3.8) is 0 Å². The van der Waals surface area contributed by atoms with Gasteiger partial charge in [-0.05, 0) is 24.5 Å². The highest BCUT2D eigenvalue weighted by Gasteiger charge is 2.18. The molecular formula is C12H17N3. The third-order valence-electron chi connectivity index (χ3n) is 2.33. The van der Waals surface area contributed by atoms with Crippen LogP contribution in [0.1, 0.15) is 27.7 Å². The van der Waals surface area contributed by atoms with E-state index in [0.717, 1.165) is 5.69 Å². The highest BCUT2D eigenvalue weighted by atomic mass is 14.9. The molecular weight excluding hydrogens is 186 g/mol. The zero-order valence-corrected chi connectivity index (χ0v) is 9.73. The smallest absolute Gasteiger partial charge is 0.0952 e. The van der Waals surface area contributed by atoms with Crippen molar-refractivity contribution < 1.29 is 0 Å². The molecule has 0 aliphatic carbocycles. The summed E-state index contributed by atoms with van der Waals surface area (Å²) in [5.41, 5.74) is 0.930. The molecule has 1 aromatic rings. The number of hydrogen-bond acceptors (Lipinski definition) is 3. The summed E-state index contributed by atoms with van der Waals surface area (Å²) in [6.45, 7) is 8.50. The summed E-state index contributed by atoms with van der Waals surface area (Å²) >= 11 is 0. The Morgan fingerprint density at radius 2 is 2.13 bits per heavy atom. The zero-order chi connectivity index (χ0) is 11.3. The Morgan fingerprint density at radius 3 is 2.67 bits per heavy atom. The molecule has 1 atom stereocenters. The van der Waals surface area contributed by atoms with Crippen molar-refractivity contribution >= 4 is 11.7 Å². The van der Waals surface area contributed by atoms with Gasteiger partial charge >= 0.3 is 0 Å². The Labute approximate surface area is 91.0 Å². The number of aliphatic imine (C=N–C) groups is 2. The fourth-order valence-electron chi connectivity index (χ4n) is 0.787. The second-order valence-corrected chi connectivity index (χ2v) is 4.59. The summed E-state index contributed by atoms with van der Waals surface area (Å²) in [5, 5.41) is 0. The van der Waals surface area contributed by atoms with Gasteiger partial charge < -0.3 is 0 Å². The molecule has 1 aromatic heterocycles. The minimum atomic E-state index is 0.150. The fraction of sp³-hybridized carbons (Fsp3) is 0.500. The van der Waals surface area contributed by atoms with Crippen LogP contribution >= 0.6 is 0 Å². The van der Waals surface area contributed by atoms with E-state index >= 15 is 0 Å². The van der Waals surface area contributed by atoms with Gasteiger partial charge in [-0.25, -0.2) is 4.99 Å². The van der Waals surface area contributed by atoms with Gasteiger partial charge in [0.05, 0.1) is 23.9 Å². The number of pyridine rings is 1. The Kier molecular flexibility index (Phi) is 3.75. The van der Waals surface area contributed by atoms with Crippen molar-refractivity contribution in [3.05, 3.63) is 24.5 Å². The van der Waals surface area contributed by atoms with E-state index in [9.17, 15) is 0 Å². The molecule has 0 bridgehead atoms. The molecule has 3 heteroatoms. The molecule has 0 aliphatic rings. The van der Waals surface area contributed by atoms with E-state index in [-0.39, 0.29) is 11.5 Å². The van der Waals surface area contributed by atoms with Crippen LogP contribution in [0.5, 0.6) is 0 Å². The zero-order valence-electron chi connectivity index (χ0n) is 9.73. The molecule has 1 rings (SSSR count). The lowest BCUT2D eigenvalue weighted by atomic mass is 9.89. The predicted molar refractivity (Wildman–Crippen MR) is 62.7 cm³/mol. The molecule has 80 valence electrons. The van der Waals surface area contributed by atoms with Crippen molar-refractivity contribution in [2.45, 2.75) is 33.7 Å². The van der Waals surface area contributed by atoms with E-state index in [2.05, 4.69) is 48.7 Å². The lowest BCUT2D eigenvalue weighted by Crippen LogP contribution is -2.20. The number of nitrogens with zero attached hydrogens (tertiary/aromatic N) is 3. The van der Waals surface area contributed by atoms with E-state index in [4.69, 9.17) is 0 Å². The SMILES string of the molecule is CC(N=C=Nc1cccnc1)C(C)(C)C. The summed E-state index contributed by atoms with van der Waals surface area (Å²) in [6.07, 6.45) is 3.40. The molecule has 3 nitrogen and oxygen atoms in total. The van der Waals surface area contributed by atoms with Gasteiger partial charge in [0.15, 0.2) is 0 Å². The van der Waals surface area contributed by atoms with E-state index in [1.807, 2.05) is 12.1 Å². The highest BCUT2D eigenvalue weighted by Crippen LogP contribution is 2.21. The van der Waals surface area contributed by atoms with E-state index < -0.39 is 0 Å². The van der Waals surface area contributed by atoms with Gasteiger partial charge in [0.25, 0.3) is 0 Å². The first-order valence-corrected chi connectivity index (χ1v) is 5.06. The monoisotopic (exact) mass is 203 g/mol. The first-order valence-electron chi connectivity index (χ1n) is 5.06. The predicted octanol–water partition coefficient (Wildman–Crippen LogP) is 3.32. The quantitative estimate of drug-likeness (QED) is 0.679. The van der Waals surface area contributed by atoms with Crippen molar-refractivity contribution in [2.24, 2.45) is 15.4 Å². The van der Waals surface area contributed by atoms with E-state index in [0.29, 0.717) is 0 Å². The molecule has 0 amide bonds. The molecule has 15 heavy (non-hydrogen) atoms. The van der Waals surface area contributed by atoms with Gasteiger partial charge in [0.2, 0.25) is 0 Å². The summed E-state index contributed by atoms with van der Waals surface area (Å²) < 4.78 is 0. The summed E-state index contributed by atoms with van der Waals surface area (Å²) in [7, 11) is 0. The molecule has 0 saturated heterocycles. The lowest BCUT2D eigenvalue weighted by Gasteiger charge is -2.21. The van der Waals surface area contributed by atoms with Crippen LogP contribution in [0.15, 0.2) is 34.5 Å². The number of aromatic nitrogens is 1. The molecule has 1 heterocycles. The molecule has 0 saturated carbocycles. The molecule has 0 fully saturated rings. The molecule has 1 unspecified atom stereocenters. The van der Waals surface area contributed by atoms with Crippen LogP contribution in [-0.2, 0) is 0 Å². The first kappa shape index (κ1) is 11.6. The Morgan fingerprint density at radius 1 is 1.40 bits per heavy atom. The normalized spacial score (nSPS) is 12.8. The first-order chi connectivity index (χ1) is 7.00. The average molecular weight is 203 g/mol. The molecule has 0 aliphatic heterocycles. The van der Waals surface area contributed by atoms with Crippen LogP contribution in [0.2, 0.25) is 0 Å². The van der Waals surface area contributed by atoms with Gasteiger partial charge in [-0.2, -0.15) is 4.99 Å². The van der Waals surface area contributed by atoms with Crippen LogP contribution in [-0.4, -0.2) is 17.0 Å². The maximum atomic E-state index is 4.25. The standard InChI is InChI=1S/C12H17N3/c1-10(12(2,3)4)14-9-15-11-6-5-7-13-8-11/h5-8,10H,1-4H3. The molecule has 0 radical (unpaired) electrons. The maximum absolute atomic E-state index is 4.25. The minimum absolute atomic E-state index is 0.150. The van der Waals surface area contributed by atoms with Crippen LogP contribution in [0.3, 0.4) is 0 Å². The molecule has 0 N–H and O–H groups in total. The van der Waals surface area contributed by atoms with Crippen LogP contribution in [0, 0.1) is 5.41 Å². The van der Waals surface area contributed by atoms with Gasteiger partial charge in [-0.15, -0.1) is 0 Å². The number of hydrogen-bond donors (Lipinski definition) is 0. The summed E-state index contributed by atoms with van der Waals surface area (Å²) in [5.74, 6) is 0. The van der Waals surface area contributed by atoms with E-state index in [1.165, 1.54) is 0 Å². The Balaban J connectivity index is 2.70. The minimum Gasteiger partial charge on any atom is -0.262 e. The molecule has 0 spiro atoms. The number of rotatable bonds is 2. The topological polar surface area (TPSA) is 37.6 Å². The van der Waals surface area contributed by atoms with Crippen molar-refractivity contribution in [1.29, 1.82) is 0 Å². The largest absolute Gasteiger partial charge is 0.262 e. The highest BCUT2D eigenvalue weighted by molar-refractivity contribution is 5.51. The van der Waals surface area contributed by atoms with Crippen molar-refractivity contribution in [2.75, 3.05) is 0 Å². The lowest BCUT2D eigenvalue weighted by molar-refractivity contribution is 0.342. The van der Waals surface area contributed by atoms with Gasteiger partial charge in [-0.3, -0.25) is 4.98 Å². The summed E-state index contributed by atoms with van der Waals surface area (Å²) in [4.78, 5) is 12.3. The fourth-order valence-corrected chi connectivity index (χ4v) is 0.787. The van der Waals surface area contributed by atoms with Gasteiger partial charge in [0.1, 0.15) is 0 Å². The summed E-state index contributed by atoms with van der Waals surface area (Å²) in [6, 6.07) is 6.64. The molecule has 0 aromatic carbocycles. The van der Waals surface area contributed by atoms with Gasteiger partial charge in [-0.1, -0.05) is 20.8 Å². The van der Waals surface area contributed by atoms with Crippen molar-refractivity contribution in [3.8, 4) is 0 Å². The van der Waals surface area contributed by atoms with Gasteiger partial charge in [0, 0.05) is 6.20 Å².